The van der Waals surface area contributed by atoms with Gasteiger partial charge in [-0.05, 0) is 42.8 Å². The van der Waals surface area contributed by atoms with Crippen LogP contribution in [0.25, 0.3) is 0 Å². The van der Waals surface area contributed by atoms with Crippen LogP contribution in [-0.2, 0) is 9.59 Å². The van der Waals surface area contributed by atoms with Crippen molar-refractivity contribution >= 4 is 56.1 Å². The Morgan fingerprint density at radius 2 is 1.24 bits per heavy atom. The van der Waals surface area contributed by atoms with Crippen LogP contribution < -0.4 is 10.9 Å². The second-order valence-corrected chi connectivity index (χ2v) is 7.68. The molecule has 2 amide bonds. The summed E-state index contributed by atoms with van der Waals surface area (Å²) in [6.45, 7) is 0. The Morgan fingerprint density at radius 1 is 0.828 bits per heavy atom. The van der Waals surface area contributed by atoms with E-state index in [1.165, 1.54) is 24.6 Å². The average Bonchev–Trinajstić information content (AvgIpc) is 2.67. The maximum Gasteiger partial charge on any atom is 0.240 e. The highest BCUT2D eigenvalue weighted by Gasteiger charge is 2.05. The van der Waals surface area contributed by atoms with E-state index < -0.39 is 0 Å². The van der Waals surface area contributed by atoms with Crippen molar-refractivity contribution in [1.29, 1.82) is 0 Å². The SMILES string of the molecule is O=C(CCCC(=O)N/N=C/c1cc(Br)ccc1O)N/N=C\c1cc(Br)ccc1O. The number of nitrogens with one attached hydrogen (secondary N) is 2. The van der Waals surface area contributed by atoms with Crippen molar-refractivity contribution in [2.75, 3.05) is 0 Å². The summed E-state index contributed by atoms with van der Waals surface area (Å²) in [6.07, 6.45) is 3.18. The molecule has 0 fully saturated rings. The van der Waals surface area contributed by atoms with Crippen LogP contribution in [0, 0.1) is 0 Å². The minimum atomic E-state index is -0.355. The monoisotopic (exact) mass is 524 g/mol. The van der Waals surface area contributed by atoms with Gasteiger partial charge in [0.05, 0.1) is 12.4 Å². The van der Waals surface area contributed by atoms with Crippen molar-refractivity contribution in [2.24, 2.45) is 10.2 Å². The van der Waals surface area contributed by atoms with Crippen LogP contribution in [-0.4, -0.2) is 34.5 Å². The lowest BCUT2D eigenvalue weighted by atomic mass is 10.2. The maximum atomic E-state index is 11.7. The lowest BCUT2D eigenvalue weighted by Crippen LogP contribution is -2.20. The summed E-state index contributed by atoms with van der Waals surface area (Å²) >= 11 is 6.56. The first-order valence-corrected chi connectivity index (χ1v) is 10.0. The van der Waals surface area contributed by atoms with Crippen molar-refractivity contribution in [3.63, 3.8) is 0 Å². The number of aromatic hydroxyl groups is 2. The molecule has 2 aromatic rings. The molecule has 8 nitrogen and oxygen atoms in total. The van der Waals surface area contributed by atoms with Gasteiger partial charge in [-0.3, -0.25) is 9.59 Å². The number of rotatable bonds is 8. The topological polar surface area (TPSA) is 123 Å². The molecule has 0 unspecified atom stereocenters. The average molecular weight is 526 g/mol. The van der Waals surface area contributed by atoms with Crippen LogP contribution in [0.3, 0.4) is 0 Å². The lowest BCUT2D eigenvalue weighted by Gasteiger charge is -2.02. The summed E-state index contributed by atoms with van der Waals surface area (Å²) in [4.78, 5) is 23.5. The van der Waals surface area contributed by atoms with E-state index in [-0.39, 0.29) is 36.2 Å². The Balaban J connectivity index is 1.69. The Morgan fingerprint density at radius 3 is 1.66 bits per heavy atom. The fourth-order valence-electron chi connectivity index (χ4n) is 2.13. The second-order valence-electron chi connectivity index (χ2n) is 5.85. The molecule has 152 valence electrons. The number of phenols is 2. The van der Waals surface area contributed by atoms with E-state index >= 15 is 0 Å². The number of nitrogens with zero attached hydrogens (tertiary/aromatic N) is 2. The molecule has 0 saturated carbocycles. The largest absolute Gasteiger partial charge is 0.507 e. The third kappa shape index (κ3) is 8.04. The summed E-state index contributed by atoms with van der Waals surface area (Å²) in [5.41, 5.74) is 5.58. The smallest absolute Gasteiger partial charge is 0.240 e. The maximum absolute atomic E-state index is 11.7. The summed E-state index contributed by atoms with van der Waals surface area (Å²) in [7, 11) is 0. The minimum absolute atomic E-state index is 0.0413. The minimum Gasteiger partial charge on any atom is -0.507 e. The fraction of sp³-hybridized carbons (Fsp3) is 0.158. The fourth-order valence-corrected chi connectivity index (χ4v) is 2.88. The normalized spacial score (nSPS) is 11.1. The van der Waals surface area contributed by atoms with Crippen LogP contribution in [0.15, 0.2) is 55.5 Å². The number of halogens is 2. The highest BCUT2D eigenvalue weighted by atomic mass is 79.9. The lowest BCUT2D eigenvalue weighted by molar-refractivity contribution is -0.122. The van der Waals surface area contributed by atoms with E-state index in [0.29, 0.717) is 17.5 Å². The predicted molar refractivity (Wildman–Crippen MR) is 117 cm³/mol. The van der Waals surface area contributed by atoms with Gasteiger partial charge in [-0.15, -0.1) is 0 Å². The Bertz CT molecular complexity index is 872. The number of hydrogen-bond acceptors (Lipinski definition) is 6. The number of carbonyl (C=O) groups is 2. The molecular weight excluding hydrogens is 508 g/mol. The Labute approximate surface area is 184 Å². The predicted octanol–water partition coefficient (Wildman–Crippen LogP) is 3.39. The van der Waals surface area contributed by atoms with E-state index in [4.69, 9.17) is 0 Å². The zero-order chi connectivity index (χ0) is 21.2. The third-order valence-electron chi connectivity index (χ3n) is 3.57. The molecule has 0 spiro atoms. The third-order valence-corrected chi connectivity index (χ3v) is 4.56. The summed E-state index contributed by atoms with van der Waals surface area (Å²) in [5, 5.41) is 26.9. The van der Waals surface area contributed by atoms with E-state index in [1.54, 1.807) is 24.3 Å². The van der Waals surface area contributed by atoms with Crippen LogP contribution in [0.4, 0.5) is 0 Å². The Kier molecular flexibility index (Phi) is 8.81. The highest BCUT2D eigenvalue weighted by Crippen LogP contribution is 2.20. The van der Waals surface area contributed by atoms with Gasteiger partial charge in [0.1, 0.15) is 11.5 Å². The van der Waals surface area contributed by atoms with Gasteiger partial charge in [-0.25, -0.2) is 10.9 Å². The molecule has 29 heavy (non-hydrogen) atoms. The van der Waals surface area contributed by atoms with E-state index in [0.717, 1.165) is 8.95 Å². The van der Waals surface area contributed by atoms with Gasteiger partial charge >= 0.3 is 0 Å². The van der Waals surface area contributed by atoms with Crippen molar-refractivity contribution in [3.8, 4) is 11.5 Å². The molecule has 10 heteroatoms. The number of benzene rings is 2. The first kappa shape index (κ1) is 22.6. The van der Waals surface area contributed by atoms with E-state index in [1.807, 2.05) is 0 Å². The molecule has 4 N–H and O–H groups in total. The van der Waals surface area contributed by atoms with Crippen LogP contribution in [0.2, 0.25) is 0 Å². The van der Waals surface area contributed by atoms with Crippen molar-refractivity contribution in [3.05, 3.63) is 56.5 Å². The van der Waals surface area contributed by atoms with Crippen molar-refractivity contribution in [2.45, 2.75) is 19.3 Å². The molecule has 2 aromatic carbocycles. The van der Waals surface area contributed by atoms with Crippen molar-refractivity contribution in [1.82, 2.24) is 10.9 Å². The summed E-state index contributed by atoms with van der Waals surface area (Å²) in [5.74, 6) is -0.628. The number of hydrogen-bond donors (Lipinski definition) is 4. The van der Waals surface area contributed by atoms with Gasteiger partial charge in [0, 0.05) is 32.9 Å². The molecule has 0 aromatic heterocycles. The van der Waals surface area contributed by atoms with Gasteiger partial charge in [0.15, 0.2) is 0 Å². The summed E-state index contributed by atoms with van der Waals surface area (Å²) < 4.78 is 1.54. The quantitative estimate of drug-likeness (QED) is 0.311. The van der Waals surface area contributed by atoms with Crippen LogP contribution in [0.5, 0.6) is 11.5 Å². The first-order valence-electron chi connectivity index (χ1n) is 8.46. The van der Waals surface area contributed by atoms with Crippen LogP contribution >= 0.6 is 31.9 Å². The van der Waals surface area contributed by atoms with Gasteiger partial charge in [0.25, 0.3) is 0 Å². The first-order chi connectivity index (χ1) is 13.8. The molecular formula is C19H18Br2N4O4. The van der Waals surface area contributed by atoms with Gasteiger partial charge < -0.3 is 10.2 Å². The zero-order valence-electron chi connectivity index (χ0n) is 15.1. The Hall–Kier alpha value is -2.72. The number of hydrazone groups is 2. The molecule has 0 radical (unpaired) electrons. The standard InChI is InChI=1S/C19H18Br2N4O4/c20-14-4-6-16(26)12(8-14)10-22-24-18(28)2-1-3-19(29)25-23-11-13-9-15(21)5-7-17(13)27/h4-11,26-27H,1-3H2,(H,24,28)(H,25,29)/b22-10-,23-11+. The number of amides is 2. The van der Waals surface area contributed by atoms with Crippen molar-refractivity contribution < 1.29 is 19.8 Å². The summed E-state index contributed by atoms with van der Waals surface area (Å²) in [6, 6.07) is 9.69. The molecule has 2 rings (SSSR count). The molecule has 0 bridgehead atoms. The van der Waals surface area contributed by atoms with Crippen LogP contribution in [0.1, 0.15) is 30.4 Å². The van der Waals surface area contributed by atoms with Gasteiger partial charge in [-0.2, -0.15) is 10.2 Å². The molecule has 0 saturated heterocycles. The van der Waals surface area contributed by atoms with Gasteiger partial charge in [-0.1, -0.05) is 31.9 Å². The van der Waals surface area contributed by atoms with E-state index in [9.17, 15) is 19.8 Å². The molecule has 0 aliphatic rings. The van der Waals surface area contributed by atoms with E-state index in [2.05, 4.69) is 52.9 Å². The number of phenolic OH excluding ortho intramolecular Hbond substituents is 2. The molecule has 0 aliphatic heterocycles. The highest BCUT2D eigenvalue weighted by molar-refractivity contribution is 9.10. The number of carbonyl (C=O) groups excluding carboxylic acids is 2. The molecule has 0 heterocycles. The van der Waals surface area contributed by atoms with Gasteiger partial charge in [0.2, 0.25) is 11.8 Å². The second kappa shape index (κ2) is 11.3. The molecule has 0 atom stereocenters. The molecule has 0 aliphatic carbocycles. The zero-order valence-corrected chi connectivity index (χ0v) is 18.3.